The van der Waals surface area contributed by atoms with Gasteiger partial charge in [-0.3, -0.25) is 4.79 Å². The topological polar surface area (TPSA) is 69.2 Å². The van der Waals surface area contributed by atoms with E-state index in [1.165, 1.54) is 11.8 Å². The predicted octanol–water partition coefficient (Wildman–Crippen LogP) is 3.92. The summed E-state index contributed by atoms with van der Waals surface area (Å²) in [4.78, 5) is 11.9. The van der Waals surface area contributed by atoms with E-state index in [-0.39, 0.29) is 17.9 Å². The second kappa shape index (κ2) is 9.78. The lowest BCUT2D eigenvalue weighted by Gasteiger charge is -2.19. The number of nitrogens with zero attached hydrogens (tertiary/aromatic N) is 1. The third-order valence-electron chi connectivity index (χ3n) is 3.98. The van der Waals surface area contributed by atoms with Crippen molar-refractivity contribution in [3.63, 3.8) is 0 Å². The fourth-order valence-electron chi connectivity index (χ4n) is 2.45. The van der Waals surface area contributed by atoms with Crippen LogP contribution in [0, 0.1) is 0 Å². The molecule has 0 bridgehead atoms. The molecule has 0 aliphatic heterocycles. The van der Waals surface area contributed by atoms with Crippen molar-refractivity contribution in [2.24, 2.45) is 5.10 Å². The second-order valence-corrected chi connectivity index (χ2v) is 7.20. The highest BCUT2D eigenvalue weighted by atomic mass is 16.5. The van der Waals surface area contributed by atoms with E-state index in [1.807, 2.05) is 37.3 Å². The highest BCUT2D eigenvalue weighted by Gasteiger charge is 2.13. The average Bonchev–Trinajstić information content (AvgIpc) is 2.67. The van der Waals surface area contributed by atoms with Crippen molar-refractivity contribution in [1.29, 1.82) is 0 Å². The van der Waals surface area contributed by atoms with Crippen LogP contribution in [-0.2, 0) is 10.2 Å². The van der Waals surface area contributed by atoms with Gasteiger partial charge in [-0.2, -0.15) is 5.10 Å². The maximum atomic E-state index is 11.9. The monoisotopic (exact) mass is 384 g/mol. The van der Waals surface area contributed by atoms with E-state index in [9.17, 15) is 4.79 Å². The van der Waals surface area contributed by atoms with Crippen LogP contribution in [0.25, 0.3) is 0 Å². The van der Waals surface area contributed by atoms with Crippen LogP contribution in [0.15, 0.2) is 47.6 Å². The van der Waals surface area contributed by atoms with Crippen LogP contribution >= 0.6 is 0 Å². The van der Waals surface area contributed by atoms with Crippen molar-refractivity contribution in [3.05, 3.63) is 53.6 Å². The first kappa shape index (κ1) is 21.3. The van der Waals surface area contributed by atoms with Gasteiger partial charge in [0.2, 0.25) is 0 Å². The first-order valence-corrected chi connectivity index (χ1v) is 9.19. The summed E-state index contributed by atoms with van der Waals surface area (Å²) < 4.78 is 16.3. The molecule has 0 saturated heterocycles. The number of methoxy groups -OCH3 is 1. The van der Waals surface area contributed by atoms with Crippen LogP contribution in [0.3, 0.4) is 0 Å². The molecule has 2 aromatic carbocycles. The predicted molar refractivity (Wildman–Crippen MR) is 111 cm³/mol. The molecule has 0 aliphatic rings. The number of amides is 1. The zero-order chi connectivity index (χ0) is 20.6. The lowest BCUT2D eigenvalue weighted by Crippen LogP contribution is -2.24. The van der Waals surface area contributed by atoms with Gasteiger partial charge in [0.1, 0.15) is 5.75 Å². The fourth-order valence-corrected chi connectivity index (χ4v) is 2.45. The summed E-state index contributed by atoms with van der Waals surface area (Å²) in [5, 5.41) is 3.95. The van der Waals surface area contributed by atoms with Crippen LogP contribution in [0.2, 0.25) is 0 Å². The Morgan fingerprint density at radius 1 is 1.07 bits per heavy atom. The molecule has 0 spiro atoms. The molecule has 0 saturated carbocycles. The summed E-state index contributed by atoms with van der Waals surface area (Å²) in [6, 6.07) is 13.2. The van der Waals surface area contributed by atoms with Gasteiger partial charge in [0.05, 0.1) is 19.9 Å². The van der Waals surface area contributed by atoms with Gasteiger partial charge in [0.15, 0.2) is 18.1 Å². The zero-order valence-corrected chi connectivity index (χ0v) is 17.1. The smallest absolute Gasteiger partial charge is 0.277 e. The molecule has 1 N–H and O–H groups in total. The van der Waals surface area contributed by atoms with Gasteiger partial charge in [0.25, 0.3) is 5.91 Å². The van der Waals surface area contributed by atoms with Crippen LogP contribution in [-0.4, -0.2) is 32.4 Å². The third kappa shape index (κ3) is 6.30. The Morgan fingerprint density at radius 2 is 1.79 bits per heavy atom. The van der Waals surface area contributed by atoms with Crippen LogP contribution in [0.4, 0.5) is 0 Å². The molecule has 0 unspecified atom stereocenters. The van der Waals surface area contributed by atoms with E-state index in [0.29, 0.717) is 23.9 Å². The number of hydrogen-bond acceptors (Lipinski definition) is 5. The molecule has 0 fully saturated rings. The number of hydrazone groups is 1. The SMILES string of the molecule is CCOc1ccc(C=NNC(=O)COc2ccc(C(C)(C)C)cc2)cc1OC. The third-order valence-corrected chi connectivity index (χ3v) is 3.98. The number of nitrogens with one attached hydrogen (secondary N) is 1. The van der Waals surface area contributed by atoms with Crippen molar-refractivity contribution >= 4 is 12.1 Å². The van der Waals surface area contributed by atoms with Gasteiger partial charge in [-0.15, -0.1) is 0 Å². The molecule has 0 atom stereocenters. The van der Waals surface area contributed by atoms with Crippen molar-refractivity contribution < 1.29 is 19.0 Å². The molecule has 28 heavy (non-hydrogen) atoms. The molecule has 0 radical (unpaired) electrons. The molecule has 2 aromatic rings. The van der Waals surface area contributed by atoms with Gasteiger partial charge in [-0.1, -0.05) is 32.9 Å². The Hall–Kier alpha value is -3.02. The molecule has 0 aromatic heterocycles. The first-order chi connectivity index (χ1) is 13.3. The Balaban J connectivity index is 1.85. The minimum absolute atomic E-state index is 0.0775. The van der Waals surface area contributed by atoms with Gasteiger partial charge >= 0.3 is 0 Å². The molecule has 150 valence electrons. The summed E-state index contributed by atoms with van der Waals surface area (Å²) in [7, 11) is 1.58. The van der Waals surface area contributed by atoms with Gasteiger partial charge in [-0.05, 0) is 53.8 Å². The van der Waals surface area contributed by atoms with Crippen LogP contribution < -0.4 is 19.6 Å². The highest BCUT2D eigenvalue weighted by Crippen LogP contribution is 2.27. The molecule has 6 nitrogen and oxygen atoms in total. The van der Waals surface area contributed by atoms with Gasteiger partial charge < -0.3 is 14.2 Å². The van der Waals surface area contributed by atoms with Crippen LogP contribution in [0.5, 0.6) is 17.2 Å². The Kier molecular flexibility index (Phi) is 7.44. The minimum atomic E-state index is -0.339. The summed E-state index contributed by atoms with van der Waals surface area (Å²) in [6.07, 6.45) is 1.54. The van der Waals surface area contributed by atoms with E-state index in [2.05, 4.69) is 31.3 Å². The van der Waals surface area contributed by atoms with E-state index < -0.39 is 0 Å². The lowest BCUT2D eigenvalue weighted by atomic mass is 9.87. The summed E-state index contributed by atoms with van der Waals surface area (Å²) in [5.74, 6) is 1.58. The number of ether oxygens (including phenoxy) is 3. The van der Waals surface area contributed by atoms with Gasteiger partial charge in [-0.25, -0.2) is 5.43 Å². The maximum Gasteiger partial charge on any atom is 0.277 e. The summed E-state index contributed by atoms with van der Waals surface area (Å²) >= 11 is 0. The second-order valence-electron chi connectivity index (χ2n) is 7.20. The number of benzene rings is 2. The molecule has 1 amide bonds. The number of rotatable bonds is 8. The Bertz CT molecular complexity index is 808. The minimum Gasteiger partial charge on any atom is -0.493 e. The molecular weight excluding hydrogens is 356 g/mol. The van der Waals surface area contributed by atoms with Crippen molar-refractivity contribution in [3.8, 4) is 17.2 Å². The van der Waals surface area contributed by atoms with E-state index in [4.69, 9.17) is 14.2 Å². The van der Waals surface area contributed by atoms with Gasteiger partial charge in [0, 0.05) is 0 Å². The highest BCUT2D eigenvalue weighted by molar-refractivity contribution is 5.83. The molecule has 0 aliphatic carbocycles. The standard InChI is InChI=1S/C22H28N2O4/c1-6-27-19-12-7-16(13-20(19)26-5)14-23-24-21(25)15-28-18-10-8-17(9-11-18)22(2,3)4/h7-14H,6,15H2,1-5H3,(H,24,25). The van der Waals surface area contributed by atoms with Crippen molar-refractivity contribution in [2.75, 3.05) is 20.3 Å². The van der Waals surface area contributed by atoms with E-state index >= 15 is 0 Å². The number of carbonyl (C=O) groups is 1. The normalized spacial score (nSPS) is 11.3. The lowest BCUT2D eigenvalue weighted by molar-refractivity contribution is -0.123. The maximum absolute atomic E-state index is 11.9. The van der Waals surface area contributed by atoms with Crippen LogP contribution in [0.1, 0.15) is 38.8 Å². The largest absolute Gasteiger partial charge is 0.493 e. The fraction of sp³-hybridized carbons (Fsp3) is 0.364. The molecule has 2 rings (SSSR count). The van der Waals surface area contributed by atoms with Crippen molar-refractivity contribution in [2.45, 2.75) is 33.1 Å². The van der Waals surface area contributed by atoms with E-state index in [1.54, 1.807) is 19.2 Å². The van der Waals surface area contributed by atoms with E-state index in [0.717, 1.165) is 5.56 Å². The van der Waals surface area contributed by atoms with Crippen molar-refractivity contribution in [1.82, 2.24) is 5.43 Å². The molecule has 6 heteroatoms. The Labute approximate surface area is 166 Å². The summed E-state index contributed by atoms with van der Waals surface area (Å²) in [5.41, 5.74) is 4.51. The first-order valence-electron chi connectivity index (χ1n) is 9.19. The average molecular weight is 384 g/mol. The summed E-state index contributed by atoms with van der Waals surface area (Å²) in [6.45, 7) is 8.79. The number of carbonyl (C=O) groups excluding carboxylic acids is 1. The quantitative estimate of drug-likeness (QED) is 0.553. The molecular formula is C22H28N2O4. The zero-order valence-electron chi connectivity index (χ0n) is 17.1. The Morgan fingerprint density at radius 3 is 2.39 bits per heavy atom. The number of hydrogen-bond donors (Lipinski definition) is 1. The molecule has 0 heterocycles.